The van der Waals surface area contributed by atoms with Crippen LogP contribution in [0.3, 0.4) is 0 Å². The van der Waals surface area contributed by atoms with E-state index in [2.05, 4.69) is 58.3 Å². The minimum absolute atomic E-state index is 0.135. The molecule has 1 atom stereocenters. The summed E-state index contributed by atoms with van der Waals surface area (Å²) in [5, 5.41) is 4.01. The number of nitrogens with zero attached hydrogens (tertiary/aromatic N) is 1. The minimum atomic E-state index is -0.490. The molecule has 8 heteroatoms. The van der Waals surface area contributed by atoms with Crippen LogP contribution in [0.2, 0.25) is 0 Å². The number of hydrogen-bond donors (Lipinski definition) is 1. The van der Waals surface area contributed by atoms with Crippen molar-refractivity contribution in [3.8, 4) is 11.5 Å². The summed E-state index contributed by atoms with van der Waals surface area (Å²) >= 11 is 10.3. The number of carbonyl (C=O) groups excluding carboxylic acids is 1. The van der Waals surface area contributed by atoms with Crippen molar-refractivity contribution in [2.75, 3.05) is 6.79 Å². The molecule has 1 aromatic rings. The van der Waals surface area contributed by atoms with Crippen molar-refractivity contribution in [1.82, 2.24) is 5.43 Å². The molecule has 1 aliphatic heterocycles. The fourth-order valence-electron chi connectivity index (χ4n) is 1.96. The van der Waals surface area contributed by atoms with E-state index in [4.69, 9.17) is 9.47 Å². The Morgan fingerprint density at radius 1 is 1.38 bits per heavy atom. The summed E-state index contributed by atoms with van der Waals surface area (Å²) < 4.78 is 11.1. The highest BCUT2D eigenvalue weighted by Gasteiger charge is 2.66. The molecular formula is C13H11Br3N2O3. The first-order chi connectivity index (χ1) is 9.83. The number of hydrazone groups is 1. The van der Waals surface area contributed by atoms with Crippen LogP contribution in [0.1, 0.15) is 18.9 Å². The van der Waals surface area contributed by atoms with E-state index in [1.807, 2.05) is 13.0 Å². The summed E-state index contributed by atoms with van der Waals surface area (Å²) in [6, 6.07) is 3.62. The van der Waals surface area contributed by atoms with Crippen LogP contribution in [0.4, 0.5) is 0 Å². The molecule has 1 N–H and O–H groups in total. The topological polar surface area (TPSA) is 59.9 Å². The lowest BCUT2D eigenvalue weighted by atomic mass is 10.1. The highest BCUT2D eigenvalue weighted by molar-refractivity contribution is 9.25. The number of carbonyl (C=O) groups is 1. The fourth-order valence-corrected chi connectivity index (χ4v) is 3.87. The third kappa shape index (κ3) is 2.73. The second kappa shape index (κ2) is 5.24. The van der Waals surface area contributed by atoms with Crippen LogP contribution in [0.5, 0.6) is 11.5 Å². The average molecular weight is 483 g/mol. The summed E-state index contributed by atoms with van der Waals surface area (Å²) in [5.74, 6) is 1.22. The molecule has 0 aromatic heterocycles. The molecule has 5 nitrogen and oxygen atoms in total. The second-order valence-corrected chi connectivity index (χ2v) is 9.77. The Morgan fingerprint density at radius 3 is 2.62 bits per heavy atom. The third-order valence-electron chi connectivity index (χ3n) is 3.62. The van der Waals surface area contributed by atoms with Gasteiger partial charge in [0.2, 0.25) is 12.7 Å². The van der Waals surface area contributed by atoms with Gasteiger partial charge in [0.05, 0.1) is 14.9 Å². The lowest BCUT2D eigenvalue weighted by molar-refractivity contribution is -0.125. The predicted octanol–water partition coefficient (Wildman–Crippen LogP) is 3.52. The van der Waals surface area contributed by atoms with Gasteiger partial charge in [-0.15, -0.1) is 0 Å². The highest BCUT2D eigenvalue weighted by Crippen LogP contribution is 2.66. The van der Waals surface area contributed by atoms with Crippen molar-refractivity contribution in [2.45, 2.75) is 16.6 Å². The average Bonchev–Trinajstić information content (AvgIpc) is 2.73. The van der Waals surface area contributed by atoms with Crippen LogP contribution < -0.4 is 14.9 Å². The molecule has 0 bridgehead atoms. The molecule has 0 radical (unpaired) electrons. The van der Waals surface area contributed by atoms with Gasteiger partial charge >= 0.3 is 0 Å². The van der Waals surface area contributed by atoms with Gasteiger partial charge in [-0.05, 0) is 41.4 Å². The standard InChI is InChI=1S/C13H11Br3N2O3/c1-12(5-13(12,15)16)11(19)18-17-4-7-2-9-10(3-8(7)14)21-6-20-9/h2-4H,5-6H2,1H3,(H,18,19). The molecule has 0 spiro atoms. The first kappa shape index (κ1) is 15.3. The van der Waals surface area contributed by atoms with Gasteiger partial charge in [-0.3, -0.25) is 4.79 Å². The van der Waals surface area contributed by atoms with Crippen LogP contribution in [-0.2, 0) is 4.79 Å². The molecule has 0 saturated heterocycles. The van der Waals surface area contributed by atoms with Crippen molar-refractivity contribution in [3.05, 3.63) is 22.2 Å². The van der Waals surface area contributed by atoms with E-state index in [1.54, 1.807) is 12.3 Å². The minimum Gasteiger partial charge on any atom is -0.454 e. The summed E-state index contributed by atoms with van der Waals surface area (Å²) in [6.07, 6.45) is 2.29. The van der Waals surface area contributed by atoms with Gasteiger partial charge in [-0.1, -0.05) is 31.9 Å². The zero-order valence-corrected chi connectivity index (χ0v) is 15.7. The maximum absolute atomic E-state index is 12.1. The maximum Gasteiger partial charge on any atom is 0.248 e. The first-order valence-electron chi connectivity index (χ1n) is 6.14. The van der Waals surface area contributed by atoms with Gasteiger partial charge in [-0.2, -0.15) is 5.10 Å². The molecule has 1 heterocycles. The van der Waals surface area contributed by atoms with E-state index in [9.17, 15) is 4.79 Å². The largest absolute Gasteiger partial charge is 0.454 e. The molecule has 1 unspecified atom stereocenters. The van der Waals surface area contributed by atoms with E-state index in [0.717, 1.165) is 16.5 Å². The molecule has 2 aliphatic rings. The number of nitrogens with one attached hydrogen (secondary N) is 1. The molecule has 21 heavy (non-hydrogen) atoms. The summed E-state index contributed by atoms with van der Waals surface area (Å²) in [6.45, 7) is 2.09. The van der Waals surface area contributed by atoms with Crippen molar-refractivity contribution in [3.63, 3.8) is 0 Å². The molecule has 1 amide bonds. The smallest absolute Gasteiger partial charge is 0.248 e. The van der Waals surface area contributed by atoms with Gasteiger partial charge in [0.1, 0.15) is 0 Å². The van der Waals surface area contributed by atoms with E-state index >= 15 is 0 Å². The molecule has 1 saturated carbocycles. The number of ether oxygens (including phenoxy) is 2. The van der Waals surface area contributed by atoms with Gasteiger partial charge in [-0.25, -0.2) is 5.43 Å². The maximum atomic E-state index is 12.1. The van der Waals surface area contributed by atoms with E-state index in [1.165, 1.54) is 0 Å². The Kier molecular flexibility index (Phi) is 3.82. The number of benzene rings is 1. The lowest BCUT2D eigenvalue weighted by Gasteiger charge is -2.09. The third-order valence-corrected chi connectivity index (χ3v) is 6.62. The monoisotopic (exact) mass is 480 g/mol. The van der Waals surface area contributed by atoms with Crippen LogP contribution in [-0.4, -0.2) is 22.1 Å². The molecule has 1 aromatic carbocycles. The second-order valence-electron chi connectivity index (χ2n) is 5.14. The number of alkyl halides is 2. The number of amides is 1. The Hall–Kier alpha value is -0.600. The van der Waals surface area contributed by atoms with Gasteiger partial charge in [0, 0.05) is 10.0 Å². The number of halogens is 3. The van der Waals surface area contributed by atoms with Crippen molar-refractivity contribution >= 4 is 59.9 Å². The van der Waals surface area contributed by atoms with E-state index in [0.29, 0.717) is 11.5 Å². The normalized spacial score (nSPS) is 25.1. The Balaban J connectivity index is 1.69. The molecule has 112 valence electrons. The Bertz CT molecular complexity index is 648. The first-order valence-corrected chi connectivity index (χ1v) is 8.52. The fraction of sp³-hybridized carbons (Fsp3) is 0.385. The van der Waals surface area contributed by atoms with Crippen LogP contribution >= 0.6 is 47.8 Å². The SMILES string of the molecule is CC1(C(=O)NN=Cc2cc3c(cc2Br)OCO3)CC1(Br)Br. The zero-order valence-electron chi connectivity index (χ0n) is 11.0. The van der Waals surface area contributed by atoms with Crippen LogP contribution in [0, 0.1) is 5.41 Å². The lowest BCUT2D eigenvalue weighted by Crippen LogP contribution is -2.29. The molecule has 1 aliphatic carbocycles. The van der Waals surface area contributed by atoms with Crippen LogP contribution in [0.25, 0.3) is 0 Å². The number of hydrogen-bond acceptors (Lipinski definition) is 4. The highest BCUT2D eigenvalue weighted by atomic mass is 79.9. The van der Waals surface area contributed by atoms with E-state index in [-0.39, 0.29) is 15.9 Å². The van der Waals surface area contributed by atoms with Gasteiger partial charge in [0.25, 0.3) is 0 Å². The van der Waals surface area contributed by atoms with E-state index < -0.39 is 5.41 Å². The van der Waals surface area contributed by atoms with Crippen molar-refractivity contribution < 1.29 is 14.3 Å². The van der Waals surface area contributed by atoms with Crippen LogP contribution in [0.15, 0.2) is 21.7 Å². The summed E-state index contributed by atoms with van der Waals surface area (Å²) in [7, 11) is 0. The summed E-state index contributed by atoms with van der Waals surface area (Å²) in [5.41, 5.74) is 2.87. The summed E-state index contributed by atoms with van der Waals surface area (Å²) in [4.78, 5) is 12.1. The zero-order chi connectivity index (χ0) is 15.3. The van der Waals surface area contributed by atoms with Gasteiger partial charge < -0.3 is 9.47 Å². The van der Waals surface area contributed by atoms with Gasteiger partial charge in [0.15, 0.2) is 11.5 Å². The van der Waals surface area contributed by atoms with Crippen molar-refractivity contribution in [2.24, 2.45) is 10.5 Å². The van der Waals surface area contributed by atoms with Crippen molar-refractivity contribution in [1.29, 1.82) is 0 Å². The Labute approximate surface area is 146 Å². The predicted molar refractivity (Wildman–Crippen MR) is 89.3 cm³/mol. The quantitative estimate of drug-likeness (QED) is 0.407. The Morgan fingerprint density at radius 2 is 2.00 bits per heavy atom. The molecular weight excluding hydrogens is 472 g/mol. The number of rotatable bonds is 3. The molecule has 1 fully saturated rings. The molecule has 3 rings (SSSR count). The number of fused-ring (bicyclic) bond motifs is 1.